The number of amides is 1. The fourth-order valence-electron chi connectivity index (χ4n) is 3.21. The molecule has 0 saturated heterocycles. The van der Waals surface area contributed by atoms with E-state index in [0.29, 0.717) is 21.9 Å². The van der Waals surface area contributed by atoms with Crippen LogP contribution in [0.25, 0.3) is 0 Å². The Hall–Kier alpha value is -1.44. The number of nitrogens with one attached hydrogen (secondary N) is 1. The van der Waals surface area contributed by atoms with Gasteiger partial charge in [-0.3, -0.25) is 9.69 Å². The minimum Gasteiger partial charge on any atom is -0.349 e. The lowest BCUT2D eigenvalue weighted by atomic mass is 9.86. The van der Waals surface area contributed by atoms with Crippen LogP contribution in [0.15, 0.2) is 40.1 Å². The van der Waals surface area contributed by atoms with Crippen LogP contribution < -0.4 is 5.32 Å². The Morgan fingerprint density at radius 1 is 1.21 bits per heavy atom. The highest BCUT2D eigenvalue weighted by atomic mass is 79.9. The van der Waals surface area contributed by atoms with E-state index >= 15 is 0 Å². The summed E-state index contributed by atoms with van der Waals surface area (Å²) >= 11 is 4.80. The van der Waals surface area contributed by atoms with E-state index in [1.807, 2.05) is 6.26 Å². The summed E-state index contributed by atoms with van der Waals surface area (Å²) in [6, 6.07) is 8.85. The van der Waals surface area contributed by atoms with E-state index in [-0.39, 0.29) is 17.4 Å². The Kier molecular flexibility index (Phi) is 8.67. The van der Waals surface area contributed by atoms with Crippen molar-refractivity contribution in [1.82, 2.24) is 20.2 Å². The number of carbonyl (C=O) groups is 1. The maximum atomic E-state index is 12.8. The molecule has 0 fully saturated rings. The molecule has 0 spiro atoms. The first-order chi connectivity index (χ1) is 13.7. The zero-order valence-electron chi connectivity index (χ0n) is 18.1. The van der Waals surface area contributed by atoms with Crippen molar-refractivity contribution in [2.75, 3.05) is 25.9 Å². The molecular weight excluding hydrogens is 448 g/mol. The Morgan fingerprint density at radius 2 is 1.83 bits per heavy atom. The predicted octanol–water partition coefficient (Wildman–Crippen LogP) is 5.07. The van der Waals surface area contributed by atoms with Crippen LogP contribution in [0.3, 0.4) is 0 Å². The summed E-state index contributed by atoms with van der Waals surface area (Å²) < 4.78 is 0.599. The van der Waals surface area contributed by atoms with Gasteiger partial charge in [0.15, 0.2) is 5.16 Å². The second-order valence-electron chi connectivity index (χ2n) is 7.87. The van der Waals surface area contributed by atoms with Crippen molar-refractivity contribution in [1.29, 1.82) is 0 Å². The first-order valence-electron chi connectivity index (χ1n) is 9.90. The smallest absolute Gasteiger partial charge is 0.271 e. The highest BCUT2D eigenvalue weighted by Gasteiger charge is 2.22. The molecule has 1 atom stereocenters. The molecule has 2 rings (SSSR count). The van der Waals surface area contributed by atoms with Crippen molar-refractivity contribution in [3.05, 3.63) is 51.8 Å². The molecule has 2 aromatic rings. The number of hydrogen-bond donors (Lipinski definition) is 1. The molecule has 0 aliphatic carbocycles. The van der Waals surface area contributed by atoms with Gasteiger partial charge in [-0.1, -0.05) is 70.6 Å². The number of aromatic nitrogens is 2. The Balaban J connectivity index is 2.22. The number of carbonyl (C=O) groups excluding carboxylic acids is 1. The molecule has 158 valence electrons. The molecule has 29 heavy (non-hydrogen) atoms. The van der Waals surface area contributed by atoms with E-state index < -0.39 is 0 Å². The zero-order valence-corrected chi connectivity index (χ0v) is 20.5. The fraction of sp³-hybridized carbons (Fsp3) is 0.500. The van der Waals surface area contributed by atoms with Crippen LogP contribution in [-0.4, -0.2) is 46.7 Å². The van der Waals surface area contributed by atoms with Gasteiger partial charge >= 0.3 is 0 Å². The Labute approximate surface area is 187 Å². The highest BCUT2D eigenvalue weighted by molar-refractivity contribution is 9.10. The molecule has 0 unspecified atom stereocenters. The number of halogens is 1. The molecule has 1 N–H and O–H groups in total. The van der Waals surface area contributed by atoms with Gasteiger partial charge in [-0.15, -0.1) is 0 Å². The minimum atomic E-state index is -0.196. The summed E-state index contributed by atoms with van der Waals surface area (Å²) in [4.78, 5) is 23.7. The van der Waals surface area contributed by atoms with Crippen molar-refractivity contribution < 1.29 is 4.79 Å². The van der Waals surface area contributed by atoms with Crippen LogP contribution in [0.1, 0.15) is 62.3 Å². The summed E-state index contributed by atoms with van der Waals surface area (Å²) in [6.45, 7) is 13.3. The summed E-state index contributed by atoms with van der Waals surface area (Å²) in [7, 11) is 0. The lowest BCUT2D eigenvalue weighted by molar-refractivity contribution is 0.0928. The number of nitrogens with zero attached hydrogens (tertiary/aromatic N) is 3. The number of likely N-dealkylation sites (N-methyl/N-ethyl adjacent to an activating group) is 1. The van der Waals surface area contributed by atoms with E-state index in [4.69, 9.17) is 0 Å². The largest absolute Gasteiger partial charge is 0.349 e. The molecule has 5 nitrogen and oxygen atoms in total. The van der Waals surface area contributed by atoms with Gasteiger partial charge in [0.05, 0.1) is 10.5 Å². The second-order valence-corrected chi connectivity index (χ2v) is 9.50. The average molecular weight is 479 g/mol. The quantitative estimate of drug-likeness (QED) is 0.423. The fourth-order valence-corrected chi connectivity index (χ4v) is 3.92. The van der Waals surface area contributed by atoms with Crippen LogP contribution in [-0.2, 0) is 5.41 Å². The van der Waals surface area contributed by atoms with Crippen LogP contribution in [0.5, 0.6) is 0 Å². The van der Waals surface area contributed by atoms with E-state index in [1.165, 1.54) is 22.9 Å². The van der Waals surface area contributed by atoms with Gasteiger partial charge in [0, 0.05) is 12.7 Å². The summed E-state index contributed by atoms with van der Waals surface area (Å²) in [5.41, 5.74) is 2.99. The number of rotatable bonds is 8. The van der Waals surface area contributed by atoms with Gasteiger partial charge < -0.3 is 5.32 Å². The van der Waals surface area contributed by atoms with E-state index in [1.54, 1.807) is 6.20 Å². The van der Waals surface area contributed by atoms with Gasteiger partial charge in [0.1, 0.15) is 5.69 Å². The topological polar surface area (TPSA) is 58.1 Å². The number of benzene rings is 1. The normalized spacial score (nSPS) is 12.8. The highest BCUT2D eigenvalue weighted by Crippen LogP contribution is 2.26. The molecule has 1 aromatic heterocycles. The molecule has 7 heteroatoms. The number of thioether (sulfide) groups is 1. The minimum absolute atomic E-state index is 0.101. The van der Waals surface area contributed by atoms with Crippen molar-refractivity contribution in [2.45, 2.75) is 51.2 Å². The third kappa shape index (κ3) is 6.27. The molecule has 1 amide bonds. The molecular formula is C22H31BrN4OS. The van der Waals surface area contributed by atoms with Crippen LogP contribution in [0, 0.1) is 0 Å². The van der Waals surface area contributed by atoms with Crippen LogP contribution in [0.4, 0.5) is 0 Å². The molecule has 0 radical (unpaired) electrons. The SMILES string of the molecule is CCN(CC)[C@@H](CNC(=O)c1nc(SC)ncc1Br)c1ccc(C(C)(C)C)cc1. The molecule has 0 saturated carbocycles. The zero-order chi connectivity index (χ0) is 21.6. The maximum Gasteiger partial charge on any atom is 0.271 e. The first-order valence-corrected chi connectivity index (χ1v) is 11.9. The third-order valence-corrected chi connectivity index (χ3v) is 6.13. The van der Waals surface area contributed by atoms with E-state index in [0.717, 1.165) is 13.1 Å². The van der Waals surface area contributed by atoms with Crippen molar-refractivity contribution >= 4 is 33.6 Å². The third-order valence-electron chi connectivity index (χ3n) is 4.99. The Bertz CT molecular complexity index is 817. The maximum absolute atomic E-state index is 12.8. The summed E-state index contributed by atoms with van der Waals surface area (Å²) in [6.07, 6.45) is 3.52. The van der Waals surface area contributed by atoms with Gasteiger partial charge in [0.25, 0.3) is 5.91 Å². The summed E-state index contributed by atoms with van der Waals surface area (Å²) in [5.74, 6) is -0.196. The van der Waals surface area contributed by atoms with E-state index in [9.17, 15) is 4.79 Å². The van der Waals surface area contributed by atoms with E-state index in [2.05, 4.69) is 95.0 Å². The average Bonchev–Trinajstić information content (AvgIpc) is 2.70. The van der Waals surface area contributed by atoms with Gasteiger partial charge in [-0.05, 0) is 51.8 Å². The molecule has 0 aliphatic heterocycles. The second kappa shape index (κ2) is 10.5. The molecule has 0 aliphatic rings. The molecule has 0 bridgehead atoms. The van der Waals surface area contributed by atoms with Gasteiger partial charge in [0.2, 0.25) is 0 Å². The lowest BCUT2D eigenvalue weighted by Crippen LogP contribution is -2.38. The number of hydrogen-bond acceptors (Lipinski definition) is 5. The van der Waals surface area contributed by atoms with Crippen molar-refractivity contribution in [3.8, 4) is 0 Å². The predicted molar refractivity (Wildman–Crippen MR) is 125 cm³/mol. The molecule has 1 aromatic carbocycles. The van der Waals surface area contributed by atoms with Crippen LogP contribution in [0.2, 0.25) is 0 Å². The summed E-state index contributed by atoms with van der Waals surface area (Å²) in [5, 5.41) is 3.65. The molecule has 1 heterocycles. The van der Waals surface area contributed by atoms with Crippen LogP contribution >= 0.6 is 27.7 Å². The first kappa shape index (κ1) is 23.8. The van der Waals surface area contributed by atoms with Gasteiger partial charge in [-0.2, -0.15) is 0 Å². The monoisotopic (exact) mass is 478 g/mol. The Morgan fingerprint density at radius 3 is 2.34 bits per heavy atom. The lowest BCUT2D eigenvalue weighted by Gasteiger charge is -2.31. The van der Waals surface area contributed by atoms with Crippen molar-refractivity contribution in [2.24, 2.45) is 0 Å². The van der Waals surface area contributed by atoms with Gasteiger partial charge in [-0.25, -0.2) is 9.97 Å². The standard InChI is InChI=1S/C22H31BrN4OS/c1-7-27(8-2)18(15-9-11-16(12-10-15)22(3,4)5)14-24-20(28)19-17(23)13-25-21(26-19)29-6/h9-13,18H,7-8,14H2,1-6H3,(H,24,28)/t18-/m0/s1. The van der Waals surface area contributed by atoms with Crippen molar-refractivity contribution in [3.63, 3.8) is 0 Å².